The molecule has 1 N–H and O–H groups in total. The Balaban J connectivity index is 2.44. The van der Waals surface area contributed by atoms with E-state index in [9.17, 15) is 4.21 Å². The van der Waals surface area contributed by atoms with Crippen LogP contribution in [0, 0.1) is 5.92 Å². The van der Waals surface area contributed by atoms with Crippen molar-refractivity contribution in [3.8, 4) is 0 Å². The molecule has 1 rings (SSSR count). The summed E-state index contributed by atoms with van der Waals surface area (Å²) in [6.45, 7) is 7.45. The van der Waals surface area contributed by atoms with E-state index in [1.807, 2.05) is 6.92 Å². The molecule has 0 fully saturated rings. The number of nitrogens with one attached hydrogen (secondary N) is 1. The van der Waals surface area contributed by atoms with Gasteiger partial charge in [-0.25, -0.2) is 0 Å². The first-order valence-corrected chi connectivity index (χ1v) is 8.61. The normalized spacial score (nSPS) is 17.0. The Hall–Kier alpha value is -0.190. The summed E-state index contributed by atoms with van der Waals surface area (Å²) in [6, 6.07) is 4.71. The Morgan fingerprint density at radius 2 is 2.12 bits per heavy atom. The zero-order chi connectivity index (χ0) is 12.8. The second kappa shape index (κ2) is 7.29. The summed E-state index contributed by atoms with van der Waals surface area (Å²) in [4.78, 5) is 1.39. The molecule has 1 aromatic rings. The van der Waals surface area contributed by atoms with E-state index in [1.165, 1.54) is 4.88 Å². The van der Waals surface area contributed by atoms with Crippen molar-refractivity contribution in [3.63, 3.8) is 0 Å². The minimum atomic E-state index is -0.710. The predicted octanol–water partition coefficient (Wildman–Crippen LogP) is 3.19. The molecule has 3 atom stereocenters. The van der Waals surface area contributed by atoms with Crippen LogP contribution in [0.4, 0.5) is 0 Å². The third kappa shape index (κ3) is 4.90. The molecule has 4 heteroatoms. The molecule has 2 nitrogen and oxygen atoms in total. The van der Waals surface area contributed by atoms with E-state index in [0.29, 0.717) is 12.0 Å². The maximum atomic E-state index is 11.3. The molecule has 17 heavy (non-hydrogen) atoms. The lowest BCUT2D eigenvalue weighted by Gasteiger charge is -2.22. The van der Waals surface area contributed by atoms with Gasteiger partial charge in [-0.05, 0) is 30.3 Å². The number of rotatable bonds is 7. The van der Waals surface area contributed by atoms with Crippen LogP contribution in [0.1, 0.15) is 38.1 Å². The number of hydrogen-bond donors (Lipinski definition) is 1. The Bertz CT molecular complexity index is 335. The lowest BCUT2D eigenvalue weighted by Crippen LogP contribution is -2.28. The van der Waals surface area contributed by atoms with E-state index in [1.54, 1.807) is 17.6 Å². The minimum absolute atomic E-state index is 0.277. The van der Waals surface area contributed by atoms with Crippen LogP contribution in [0.15, 0.2) is 17.5 Å². The highest BCUT2D eigenvalue weighted by atomic mass is 32.2. The number of thiophene rings is 1. The van der Waals surface area contributed by atoms with Gasteiger partial charge < -0.3 is 5.32 Å². The van der Waals surface area contributed by atoms with Crippen LogP contribution in [-0.4, -0.2) is 22.3 Å². The predicted molar refractivity (Wildman–Crippen MR) is 78.0 cm³/mol. The molecule has 0 aliphatic carbocycles. The third-order valence-corrected chi connectivity index (χ3v) is 5.32. The SMILES string of the molecule is CC(C)C(NCCC(C)S(C)=O)c1cccs1. The summed E-state index contributed by atoms with van der Waals surface area (Å²) in [5, 5.41) is 5.98. The zero-order valence-corrected chi connectivity index (χ0v) is 12.7. The lowest BCUT2D eigenvalue weighted by molar-refractivity contribution is 0.414. The van der Waals surface area contributed by atoms with Crippen molar-refractivity contribution in [1.29, 1.82) is 0 Å². The van der Waals surface area contributed by atoms with Crippen LogP contribution in [0.25, 0.3) is 0 Å². The van der Waals surface area contributed by atoms with E-state index in [4.69, 9.17) is 0 Å². The van der Waals surface area contributed by atoms with Gasteiger partial charge in [0.2, 0.25) is 0 Å². The first kappa shape index (κ1) is 14.9. The molecule has 0 saturated carbocycles. The van der Waals surface area contributed by atoms with Gasteiger partial charge in [0.05, 0.1) is 0 Å². The standard InChI is InChI=1S/C13H23NOS2/c1-10(2)13(12-6-5-9-16-12)14-8-7-11(3)17(4)15/h5-6,9-11,13-14H,7-8H2,1-4H3. The maximum Gasteiger partial charge on any atom is 0.0438 e. The molecule has 0 spiro atoms. The first-order valence-electron chi connectivity index (χ1n) is 6.11. The summed E-state index contributed by atoms with van der Waals surface area (Å²) >= 11 is 1.80. The van der Waals surface area contributed by atoms with Crippen LogP contribution in [0.3, 0.4) is 0 Å². The van der Waals surface area contributed by atoms with Gasteiger partial charge in [-0.2, -0.15) is 0 Å². The fourth-order valence-corrected chi connectivity index (χ4v) is 3.16. The van der Waals surface area contributed by atoms with Gasteiger partial charge in [-0.15, -0.1) is 11.3 Å². The van der Waals surface area contributed by atoms with Gasteiger partial charge in [0.25, 0.3) is 0 Å². The molecule has 1 aromatic heterocycles. The van der Waals surface area contributed by atoms with Crippen LogP contribution >= 0.6 is 11.3 Å². The van der Waals surface area contributed by atoms with E-state index in [0.717, 1.165) is 13.0 Å². The molecule has 1 heterocycles. The highest BCUT2D eigenvalue weighted by Crippen LogP contribution is 2.25. The van der Waals surface area contributed by atoms with Gasteiger partial charge in [0.15, 0.2) is 0 Å². The smallest absolute Gasteiger partial charge is 0.0438 e. The van der Waals surface area contributed by atoms with Crippen LogP contribution < -0.4 is 5.32 Å². The van der Waals surface area contributed by atoms with E-state index < -0.39 is 10.8 Å². The van der Waals surface area contributed by atoms with Crippen molar-refractivity contribution in [1.82, 2.24) is 5.32 Å². The Morgan fingerprint density at radius 1 is 1.41 bits per heavy atom. The summed E-state index contributed by atoms with van der Waals surface area (Å²) in [5.41, 5.74) is 0. The second-order valence-corrected chi connectivity index (χ2v) is 7.57. The van der Waals surface area contributed by atoms with E-state index in [-0.39, 0.29) is 5.25 Å². The molecule has 0 aliphatic heterocycles. The van der Waals surface area contributed by atoms with Gasteiger partial charge >= 0.3 is 0 Å². The molecule has 0 aromatic carbocycles. The van der Waals surface area contributed by atoms with Crippen molar-refractivity contribution in [3.05, 3.63) is 22.4 Å². The Labute approximate surface area is 111 Å². The molecule has 3 unspecified atom stereocenters. The fraction of sp³-hybridized carbons (Fsp3) is 0.692. The summed E-state index contributed by atoms with van der Waals surface area (Å²) in [7, 11) is -0.710. The monoisotopic (exact) mass is 273 g/mol. The molecule has 0 bridgehead atoms. The minimum Gasteiger partial charge on any atom is -0.309 e. The van der Waals surface area contributed by atoms with E-state index >= 15 is 0 Å². The second-order valence-electron chi connectivity index (χ2n) is 4.79. The van der Waals surface area contributed by atoms with Crippen LogP contribution in [0.5, 0.6) is 0 Å². The third-order valence-electron chi connectivity index (χ3n) is 3.00. The molecule has 0 aliphatic rings. The van der Waals surface area contributed by atoms with Crippen molar-refractivity contribution in [2.24, 2.45) is 5.92 Å². The fourth-order valence-electron chi connectivity index (χ4n) is 1.74. The molecular weight excluding hydrogens is 250 g/mol. The van der Waals surface area contributed by atoms with Crippen molar-refractivity contribution in [2.45, 2.75) is 38.5 Å². The highest BCUT2D eigenvalue weighted by Gasteiger charge is 2.16. The average Bonchev–Trinajstić information content (AvgIpc) is 2.76. The van der Waals surface area contributed by atoms with Gasteiger partial charge in [0.1, 0.15) is 0 Å². The highest BCUT2D eigenvalue weighted by molar-refractivity contribution is 7.84. The quantitative estimate of drug-likeness (QED) is 0.826. The molecule has 0 saturated heterocycles. The first-order chi connectivity index (χ1) is 8.02. The molecule has 98 valence electrons. The van der Waals surface area contributed by atoms with Crippen LogP contribution in [0.2, 0.25) is 0 Å². The summed E-state index contributed by atoms with van der Waals surface area (Å²) in [5.74, 6) is 0.580. The van der Waals surface area contributed by atoms with Crippen molar-refractivity contribution >= 4 is 22.1 Å². The number of hydrogen-bond acceptors (Lipinski definition) is 3. The lowest BCUT2D eigenvalue weighted by atomic mass is 10.0. The topological polar surface area (TPSA) is 29.1 Å². The summed E-state index contributed by atoms with van der Waals surface area (Å²) < 4.78 is 11.3. The van der Waals surface area contributed by atoms with Gasteiger partial charge in [-0.3, -0.25) is 4.21 Å². The van der Waals surface area contributed by atoms with Crippen molar-refractivity contribution < 1.29 is 4.21 Å². The summed E-state index contributed by atoms with van der Waals surface area (Å²) in [6.07, 6.45) is 2.75. The van der Waals surface area contributed by atoms with Gasteiger partial charge in [-0.1, -0.05) is 26.8 Å². The average molecular weight is 273 g/mol. The van der Waals surface area contributed by atoms with Crippen LogP contribution in [-0.2, 0) is 10.8 Å². The zero-order valence-electron chi connectivity index (χ0n) is 11.1. The Morgan fingerprint density at radius 3 is 2.59 bits per heavy atom. The van der Waals surface area contributed by atoms with Gasteiger partial charge in [0, 0.05) is 33.2 Å². The molecule has 0 amide bonds. The Kier molecular flexibility index (Phi) is 6.38. The molecule has 0 radical (unpaired) electrons. The van der Waals surface area contributed by atoms with E-state index in [2.05, 4.69) is 36.7 Å². The molecular formula is C13H23NOS2. The maximum absolute atomic E-state index is 11.3. The largest absolute Gasteiger partial charge is 0.309 e. The van der Waals surface area contributed by atoms with Crippen molar-refractivity contribution in [2.75, 3.05) is 12.8 Å².